The number of likely N-dealkylation sites (N-methyl/N-ethyl adjacent to an activating group) is 1. The summed E-state index contributed by atoms with van der Waals surface area (Å²) in [6.07, 6.45) is 3.19. The quantitative estimate of drug-likeness (QED) is 0.821. The topological polar surface area (TPSA) is 12.0 Å². The van der Waals surface area contributed by atoms with Crippen molar-refractivity contribution in [3.8, 4) is 0 Å². The van der Waals surface area contributed by atoms with E-state index in [0.29, 0.717) is 11.5 Å². The van der Waals surface area contributed by atoms with E-state index < -0.39 is 0 Å². The van der Waals surface area contributed by atoms with Gasteiger partial charge in [0.15, 0.2) is 0 Å². The van der Waals surface area contributed by atoms with Gasteiger partial charge in [-0.15, -0.1) is 0 Å². The van der Waals surface area contributed by atoms with Crippen LogP contribution in [0.5, 0.6) is 0 Å². The highest BCUT2D eigenvalue weighted by molar-refractivity contribution is 5.17. The van der Waals surface area contributed by atoms with Crippen molar-refractivity contribution in [2.45, 2.75) is 46.1 Å². The zero-order valence-electron chi connectivity index (χ0n) is 11.4. The summed E-state index contributed by atoms with van der Waals surface area (Å²) in [6, 6.07) is 7.32. The minimum absolute atomic E-state index is 0.145. The molecule has 0 heterocycles. The summed E-state index contributed by atoms with van der Waals surface area (Å²) in [4.78, 5) is 0. The fourth-order valence-corrected chi connectivity index (χ4v) is 1.90. The number of hydrogen-bond donors (Lipinski definition) is 1. The lowest BCUT2D eigenvalue weighted by molar-refractivity contribution is 0.334. The highest BCUT2D eigenvalue weighted by Gasteiger charge is 2.14. The average molecular weight is 237 g/mol. The van der Waals surface area contributed by atoms with Gasteiger partial charge in [0.2, 0.25) is 0 Å². The van der Waals surface area contributed by atoms with Gasteiger partial charge in [0, 0.05) is 6.04 Å². The molecule has 1 atom stereocenters. The summed E-state index contributed by atoms with van der Waals surface area (Å²) >= 11 is 0. The normalized spacial score (nSPS) is 13.7. The zero-order valence-corrected chi connectivity index (χ0v) is 11.4. The zero-order chi connectivity index (χ0) is 12.9. The highest BCUT2D eigenvalue weighted by Crippen LogP contribution is 2.22. The van der Waals surface area contributed by atoms with E-state index in [1.807, 2.05) is 13.1 Å². The van der Waals surface area contributed by atoms with Gasteiger partial charge in [0.25, 0.3) is 0 Å². The SMILES string of the molecule is CNC(CCC(C)(C)C)Cc1cccc(F)c1. The molecule has 1 aromatic carbocycles. The van der Waals surface area contributed by atoms with Crippen molar-refractivity contribution in [3.63, 3.8) is 0 Å². The van der Waals surface area contributed by atoms with Crippen molar-refractivity contribution in [1.29, 1.82) is 0 Å². The first-order valence-electron chi connectivity index (χ1n) is 6.32. The Balaban J connectivity index is 2.52. The maximum absolute atomic E-state index is 13.1. The molecule has 1 unspecified atom stereocenters. The molecule has 0 aromatic heterocycles. The van der Waals surface area contributed by atoms with E-state index in [2.05, 4.69) is 26.1 Å². The molecule has 0 aliphatic rings. The summed E-state index contributed by atoms with van der Waals surface area (Å²) in [6.45, 7) is 6.76. The summed E-state index contributed by atoms with van der Waals surface area (Å²) in [5.41, 5.74) is 1.43. The van der Waals surface area contributed by atoms with Gasteiger partial charge >= 0.3 is 0 Å². The fourth-order valence-electron chi connectivity index (χ4n) is 1.90. The molecule has 2 heteroatoms. The molecule has 0 saturated carbocycles. The van der Waals surface area contributed by atoms with E-state index in [-0.39, 0.29) is 5.82 Å². The van der Waals surface area contributed by atoms with Crippen molar-refractivity contribution in [2.75, 3.05) is 7.05 Å². The van der Waals surface area contributed by atoms with Gasteiger partial charge in [0.05, 0.1) is 0 Å². The van der Waals surface area contributed by atoms with Crippen molar-refractivity contribution in [2.24, 2.45) is 5.41 Å². The van der Waals surface area contributed by atoms with Crippen LogP contribution in [-0.4, -0.2) is 13.1 Å². The van der Waals surface area contributed by atoms with Crippen molar-refractivity contribution >= 4 is 0 Å². The van der Waals surface area contributed by atoms with Gasteiger partial charge in [-0.1, -0.05) is 32.9 Å². The second kappa shape index (κ2) is 6.15. The Labute approximate surface area is 104 Å². The lowest BCUT2D eigenvalue weighted by Crippen LogP contribution is -2.29. The molecule has 1 rings (SSSR count). The molecule has 0 bridgehead atoms. The Kier molecular flexibility index (Phi) is 5.13. The third kappa shape index (κ3) is 5.83. The molecule has 0 radical (unpaired) electrons. The van der Waals surface area contributed by atoms with Crippen LogP contribution in [0.15, 0.2) is 24.3 Å². The first-order chi connectivity index (χ1) is 7.90. The molecule has 0 aliphatic heterocycles. The van der Waals surface area contributed by atoms with E-state index in [1.165, 1.54) is 12.5 Å². The molecule has 1 N–H and O–H groups in total. The van der Waals surface area contributed by atoms with Crippen LogP contribution in [0.2, 0.25) is 0 Å². The fraction of sp³-hybridized carbons (Fsp3) is 0.600. The third-order valence-electron chi connectivity index (χ3n) is 3.02. The summed E-state index contributed by atoms with van der Waals surface area (Å²) in [7, 11) is 1.98. The number of nitrogens with one attached hydrogen (secondary N) is 1. The van der Waals surface area contributed by atoms with E-state index >= 15 is 0 Å². The van der Waals surface area contributed by atoms with Gasteiger partial charge in [-0.2, -0.15) is 0 Å². The summed E-state index contributed by atoms with van der Waals surface area (Å²) < 4.78 is 13.1. The van der Waals surface area contributed by atoms with Crippen LogP contribution in [0.4, 0.5) is 4.39 Å². The largest absolute Gasteiger partial charge is 0.317 e. The monoisotopic (exact) mass is 237 g/mol. The summed E-state index contributed by atoms with van der Waals surface area (Å²) in [5.74, 6) is -0.145. The molecule has 1 nitrogen and oxygen atoms in total. The Morgan fingerprint density at radius 3 is 2.53 bits per heavy atom. The van der Waals surface area contributed by atoms with Crippen LogP contribution in [0, 0.1) is 11.2 Å². The Bertz CT molecular complexity index is 341. The van der Waals surface area contributed by atoms with Gasteiger partial charge in [-0.25, -0.2) is 4.39 Å². The Morgan fingerprint density at radius 1 is 1.29 bits per heavy atom. The molecular weight excluding hydrogens is 213 g/mol. The third-order valence-corrected chi connectivity index (χ3v) is 3.02. The highest BCUT2D eigenvalue weighted by atomic mass is 19.1. The predicted octanol–water partition coefficient (Wildman–Crippen LogP) is 3.78. The first kappa shape index (κ1) is 14.2. The molecule has 0 fully saturated rings. The van der Waals surface area contributed by atoms with Crippen LogP contribution in [0.1, 0.15) is 39.2 Å². The van der Waals surface area contributed by atoms with Crippen LogP contribution < -0.4 is 5.32 Å². The predicted molar refractivity (Wildman–Crippen MR) is 71.6 cm³/mol. The number of benzene rings is 1. The smallest absolute Gasteiger partial charge is 0.123 e. The van der Waals surface area contributed by atoms with Gasteiger partial charge in [-0.3, -0.25) is 0 Å². The molecule has 0 saturated heterocycles. The van der Waals surface area contributed by atoms with E-state index in [0.717, 1.165) is 18.4 Å². The van der Waals surface area contributed by atoms with Crippen molar-refractivity contribution in [3.05, 3.63) is 35.6 Å². The van der Waals surface area contributed by atoms with E-state index in [4.69, 9.17) is 0 Å². The van der Waals surface area contributed by atoms with Crippen LogP contribution in [0.3, 0.4) is 0 Å². The van der Waals surface area contributed by atoms with Crippen LogP contribution >= 0.6 is 0 Å². The van der Waals surface area contributed by atoms with Crippen molar-refractivity contribution in [1.82, 2.24) is 5.32 Å². The second-order valence-electron chi connectivity index (χ2n) is 5.92. The van der Waals surface area contributed by atoms with Crippen molar-refractivity contribution < 1.29 is 4.39 Å². The molecule has 0 spiro atoms. The average Bonchev–Trinajstić information content (AvgIpc) is 2.23. The molecular formula is C15H24FN. The number of halogens is 1. The second-order valence-corrected chi connectivity index (χ2v) is 5.92. The van der Waals surface area contributed by atoms with Gasteiger partial charge in [0.1, 0.15) is 5.82 Å². The molecule has 17 heavy (non-hydrogen) atoms. The maximum Gasteiger partial charge on any atom is 0.123 e. The minimum atomic E-state index is -0.145. The lowest BCUT2D eigenvalue weighted by atomic mass is 9.87. The molecule has 1 aromatic rings. The van der Waals surface area contributed by atoms with Crippen LogP contribution in [0.25, 0.3) is 0 Å². The molecule has 0 amide bonds. The molecule has 0 aliphatic carbocycles. The Morgan fingerprint density at radius 2 is 2.00 bits per heavy atom. The number of hydrogen-bond acceptors (Lipinski definition) is 1. The maximum atomic E-state index is 13.1. The van der Waals surface area contributed by atoms with E-state index in [1.54, 1.807) is 12.1 Å². The summed E-state index contributed by atoms with van der Waals surface area (Å²) in [5, 5.41) is 3.32. The first-order valence-corrected chi connectivity index (χ1v) is 6.32. The van der Waals surface area contributed by atoms with Gasteiger partial charge in [-0.05, 0) is 49.4 Å². The number of rotatable bonds is 5. The minimum Gasteiger partial charge on any atom is -0.317 e. The van der Waals surface area contributed by atoms with Gasteiger partial charge < -0.3 is 5.32 Å². The molecule has 96 valence electrons. The Hall–Kier alpha value is -0.890. The van der Waals surface area contributed by atoms with Crippen LogP contribution in [-0.2, 0) is 6.42 Å². The lowest BCUT2D eigenvalue weighted by Gasteiger charge is -2.23. The van der Waals surface area contributed by atoms with E-state index in [9.17, 15) is 4.39 Å². The standard InChI is InChI=1S/C15H24FN/c1-15(2,3)9-8-14(17-4)11-12-6-5-7-13(16)10-12/h5-7,10,14,17H,8-9,11H2,1-4H3.